The van der Waals surface area contributed by atoms with Crippen LogP contribution in [0.3, 0.4) is 0 Å². The van der Waals surface area contributed by atoms with Gasteiger partial charge in [-0.3, -0.25) is 4.79 Å². The van der Waals surface area contributed by atoms with E-state index >= 15 is 0 Å². The lowest BCUT2D eigenvalue weighted by atomic mass is 10.4. The second-order valence-electron chi connectivity index (χ2n) is 2.78. The highest BCUT2D eigenvalue weighted by Gasteiger charge is 2.03. The zero-order chi connectivity index (χ0) is 9.68. The van der Waals surface area contributed by atoms with Crippen molar-refractivity contribution >= 4 is 5.91 Å². The number of aromatic nitrogens is 2. The summed E-state index contributed by atoms with van der Waals surface area (Å²) >= 11 is 0. The number of imidazole rings is 1. The largest absolute Gasteiger partial charge is 0.364 e. The number of amides is 1. The Morgan fingerprint density at radius 3 is 3.08 bits per heavy atom. The van der Waals surface area contributed by atoms with E-state index in [1.807, 2.05) is 0 Å². The van der Waals surface area contributed by atoms with E-state index < -0.39 is 5.91 Å². The van der Waals surface area contributed by atoms with Gasteiger partial charge >= 0.3 is 0 Å². The Labute approximate surface area is 76.7 Å². The van der Waals surface area contributed by atoms with E-state index in [-0.39, 0.29) is 0 Å². The number of rotatable bonds is 5. The standard InChI is InChI=1S/C8H14N4O/c1-2-3-10-5-7-11-4-6(12-7)8(9)13/h4,10H,2-3,5H2,1H3,(H2,9,13)(H,11,12). The van der Waals surface area contributed by atoms with E-state index in [1.165, 1.54) is 6.20 Å². The van der Waals surface area contributed by atoms with Gasteiger partial charge in [-0.15, -0.1) is 0 Å². The van der Waals surface area contributed by atoms with Gasteiger partial charge in [0.15, 0.2) is 0 Å². The number of nitrogens with two attached hydrogens (primary N) is 1. The van der Waals surface area contributed by atoms with Gasteiger partial charge in [-0.05, 0) is 13.0 Å². The van der Waals surface area contributed by atoms with Crippen molar-refractivity contribution in [1.29, 1.82) is 0 Å². The summed E-state index contributed by atoms with van der Waals surface area (Å²) in [6.07, 6.45) is 2.52. The van der Waals surface area contributed by atoms with Crippen LogP contribution in [0.2, 0.25) is 0 Å². The molecule has 0 aliphatic heterocycles. The van der Waals surface area contributed by atoms with Crippen molar-refractivity contribution in [2.24, 2.45) is 5.73 Å². The fraction of sp³-hybridized carbons (Fsp3) is 0.500. The maximum Gasteiger partial charge on any atom is 0.266 e. The van der Waals surface area contributed by atoms with E-state index in [4.69, 9.17) is 5.73 Å². The van der Waals surface area contributed by atoms with Crippen LogP contribution in [-0.4, -0.2) is 22.4 Å². The number of nitrogens with zero attached hydrogens (tertiary/aromatic N) is 1. The van der Waals surface area contributed by atoms with Crippen molar-refractivity contribution in [3.05, 3.63) is 17.7 Å². The molecule has 1 aromatic rings. The summed E-state index contributed by atoms with van der Waals surface area (Å²) in [7, 11) is 0. The number of nitrogens with one attached hydrogen (secondary N) is 2. The molecule has 0 fully saturated rings. The van der Waals surface area contributed by atoms with Crippen LogP contribution in [0.4, 0.5) is 0 Å². The molecule has 0 saturated carbocycles. The number of aromatic amines is 1. The topological polar surface area (TPSA) is 83.8 Å². The molecular weight excluding hydrogens is 168 g/mol. The Morgan fingerprint density at radius 2 is 2.54 bits per heavy atom. The van der Waals surface area contributed by atoms with Gasteiger partial charge in [0, 0.05) is 0 Å². The minimum absolute atomic E-state index is 0.355. The van der Waals surface area contributed by atoms with E-state index in [0.717, 1.165) is 18.8 Å². The molecule has 0 unspecified atom stereocenters. The molecule has 0 aliphatic carbocycles. The molecule has 1 amide bonds. The monoisotopic (exact) mass is 182 g/mol. The maximum atomic E-state index is 10.7. The molecule has 0 aromatic carbocycles. The molecule has 0 bridgehead atoms. The third-order valence-corrected chi connectivity index (χ3v) is 1.61. The quantitative estimate of drug-likeness (QED) is 0.561. The van der Waals surface area contributed by atoms with Crippen LogP contribution >= 0.6 is 0 Å². The molecule has 0 aliphatic rings. The Kier molecular flexibility index (Phi) is 3.45. The lowest BCUT2D eigenvalue weighted by molar-refractivity contribution is 0.0996. The zero-order valence-corrected chi connectivity index (χ0v) is 7.63. The van der Waals surface area contributed by atoms with Gasteiger partial charge in [0.2, 0.25) is 0 Å². The molecule has 0 radical (unpaired) electrons. The molecular formula is C8H14N4O. The lowest BCUT2D eigenvalue weighted by Crippen LogP contribution is -2.15. The number of carbonyl (C=O) groups is 1. The molecule has 72 valence electrons. The minimum atomic E-state index is -0.478. The van der Waals surface area contributed by atoms with E-state index in [2.05, 4.69) is 22.2 Å². The van der Waals surface area contributed by atoms with Crippen LogP contribution in [0.25, 0.3) is 0 Å². The summed E-state index contributed by atoms with van der Waals surface area (Å²) in [4.78, 5) is 17.5. The summed E-state index contributed by atoms with van der Waals surface area (Å²) in [6.45, 7) is 3.66. The fourth-order valence-corrected chi connectivity index (χ4v) is 0.961. The Bertz CT molecular complexity index is 281. The fourth-order valence-electron chi connectivity index (χ4n) is 0.961. The molecule has 13 heavy (non-hydrogen) atoms. The summed E-state index contributed by atoms with van der Waals surface area (Å²) < 4.78 is 0. The van der Waals surface area contributed by atoms with Gasteiger partial charge in [0.25, 0.3) is 5.91 Å². The average Bonchev–Trinajstić information content (AvgIpc) is 2.53. The molecule has 0 saturated heterocycles. The summed E-state index contributed by atoms with van der Waals surface area (Å²) in [5, 5.41) is 3.16. The first-order chi connectivity index (χ1) is 6.24. The van der Waals surface area contributed by atoms with Crippen molar-refractivity contribution in [3.8, 4) is 0 Å². The number of carbonyl (C=O) groups excluding carboxylic acids is 1. The van der Waals surface area contributed by atoms with Crippen molar-refractivity contribution < 1.29 is 4.79 Å². The van der Waals surface area contributed by atoms with E-state index in [0.29, 0.717) is 12.2 Å². The number of H-pyrrole nitrogens is 1. The third kappa shape index (κ3) is 2.87. The third-order valence-electron chi connectivity index (χ3n) is 1.61. The van der Waals surface area contributed by atoms with E-state index in [9.17, 15) is 4.79 Å². The average molecular weight is 182 g/mol. The van der Waals surface area contributed by atoms with Crippen LogP contribution in [0.1, 0.15) is 29.7 Å². The van der Waals surface area contributed by atoms with Crippen molar-refractivity contribution in [2.45, 2.75) is 19.9 Å². The molecule has 1 rings (SSSR count). The van der Waals surface area contributed by atoms with Crippen LogP contribution < -0.4 is 11.1 Å². The highest BCUT2D eigenvalue weighted by Crippen LogP contribution is 1.95. The first kappa shape index (κ1) is 9.73. The smallest absolute Gasteiger partial charge is 0.266 e. The lowest BCUT2D eigenvalue weighted by Gasteiger charge is -1.98. The Hall–Kier alpha value is -1.36. The van der Waals surface area contributed by atoms with E-state index in [1.54, 1.807) is 0 Å². The SMILES string of the molecule is CCCNCc1ncc(C(N)=O)[nH]1. The molecule has 5 nitrogen and oxygen atoms in total. The molecule has 0 spiro atoms. The van der Waals surface area contributed by atoms with Crippen molar-refractivity contribution in [1.82, 2.24) is 15.3 Å². The Morgan fingerprint density at radius 1 is 1.77 bits per heavy atom. The Balaban J connectivity index is 2.44. The second-order valence-corrected chi connectivity index (χ2v) is 2.78. The first-order valence-corrected chi connectivity index (χ1v) is 4.28. The van der Waals surface area contributed by atoms with Crippen LogP contribution in [0.5, 0.6) is 0 Å². The highest BCUT2D eigenvalue weighted by molar-refractivity contribution is 5.90. The molecule has 5 heteroatoms. The predicted molar refractivity (Wildman–Crippen MR) is 49.1 cm³/mol. The van der Waals surface area contributed by atoms with Gasteiger partial charge in [-0.25, -0.2) is 4.98 Å². The van der Waals surface area contributed by atoms with Gasteiger partial charge in [-0.2, -0.15) is 0 Å². The van der Waals surface area contributed by atoms with Crippen LogP contribution in [0, 0.1) is 0 Å². The summed E-state index contributed by atoms with van der Waals surface area (Å²) in [6, 6.07) is 0. The molecule has 0 atom stereocenters. The zero-order valence-electron chi connectivity index (χ0n) is 7.63. The minimum Gasteiger partial charge on any atom is -0.364 e. The number of hydrogen-bond donors (Lipinski definition) is 3. The van der Waals surface area contributed by atoms with Gasteiger partial charge in [0.05, 0.1) is 12.7 Å². The maximum absolute atomic E-state index is 10.7. The number of primary amides is 1. The summed E-state index contributed by atoms with van der Waals surface area (Å²) in [5.41, 5.74) is 5.41. The predicted octanol–water partition coefficient (Wildman–Crippen LogP) is 0.00820. The van der Waals surface area contributed by atoms with Gasteiger partial charge in [0.1, 0.15) is 11.5 Å². The first-order valence-electron chi connectivity index (χ1n) is 4.28. The van der Waals surface area contributed by atoms with Gasteiger partial charge in [-0.1, -0.05) is 6.92 Å². The normalized spacial score (nSPS) is 10.2. The summed E-state index contributed by atoms with van der Waals surface area (Å²) in [5.74, 6) is 0.261. The van der Waals surface area contributed by atoms with Gasteiger partial charge < -0.3 is 16.0 Å². The number of hydrogen-bond acceptors (Lipinski definition) is 3. The molecule has 1 aromatic heterocycles. The molecule has 4 N–H and O–H groups in total. The van der Waals surface area contributed by atoms with Crippen molar-refractivity contribution in [3.63, 3.8) is 0 Å². The molecule has 1 heterocycles. The van der Waals surface area contributed by atoms with Crippen LogP contribution in [0.15, 0.2) is 6.20 Å². The highest BCUT2D eigenvalue weighted by atomic mass is 16.1. The van der Waals surface area contributed by atoms with Crippen LogP contribution in [-0.2, 0) is 6.54 Å². The second kappa shape index (κ2) is 4.61. The van der Waals surface area contributed by atoms with Crippen molar-refractivity contribution in [2.75, 3.05) is 6.54 Å².